The zero-order chi connectivity index (χ0) is 25.5. The minimum Gasteiger partial charge on any atom is -0.322 e. The first-order chi connectivity index (χ1) is 16.4. The normalized spacial score (nSPS) is 15.8. The topological polar surface area (TPSA) is 104 Å². The van der Waals surface area contributed by atoms with Crippen LogP contribution < -0.4 is 9.62 Å². The Labute approximate surface area is 206 Å². The van der Waals surface area contributed by atoms with Crippen LogP contribution in [-0.2, 0) is 26.5 Å². The summed E-state index contributed by atoms with van der Waals surface area (Å²) in [6, 6.07) is 17.5. The van der Waals surface area contributed by atoms with Crippen molar-refractivity contribution < 1.29 is 21.6 Å². The Kier molecular flexibility index (Phi) is 6.48. The first-order valence-corrected chi connectivity index (χ1v) is 13.9. The van der Waals surface area contributed by atoms with Crippen LogP contribution in [0.5, 0.6) is 0 Å². The second-order valence-corrected chi connectivity index (χ2v) is 12.7. The van der Waals surface area contributed by atoms with Gasteiger partial charge in [0.15, 0.2) is 0 Å². The fourth-order valence-electron chi connectivity index (χ4n) is 4.12. The van der Waals surface area contributed by atoms with Gasteiger partial charge < -0.3 is 5.32 Å². The molecule has 1 N–H and O–H groups in total. The zero-order valence-electron chi connectivity index (χ0n) is 19.9. The lowest BCUT2D eigenvalue weighted by molar-refractivity contribution is 0.102. The van der Waals surface area contributed by atoms with Crippen molar-refractivity contribution in [3.05, 3.63) is 83.4 Å². The van der Waals surface area contributed by atoms with Crippen molar-refractivity contribution in [2.24, 2.45) is 0 Å². The summed E-state index contributed by atoms with van der Waals surface area (Å²) in [4.78, 5) is 13.3. The van der Waals surface area contributed by atoms with Gasteiger partial charge in [0.2, 0.25) is 10.0 Å². The number of fused-ring (bicyclic) bond motifs is 1. The number of amides is 1. The third-order valence-corrected chi connectivity index (χ3v) is 9.78. The third kappa shape index (κ3) is 4.56. The molecule has 0 saturated carbocycles. The maximum Gasteiger partial charge on any atom is 0.264 e. The second-order valence-electron chi connectivity index (χ2n) is 8.73. The Morgan fingerprint density at radius 3 is 2.29 bits per heavy atom. The smallest absolute Gasteiger partial charge is 0.264 e. The minimum absolute atomic E-state index is 0.0768. The summed E-state index contributed by atoms with van der Waals surface area (Å²) in [6.45, 7) is 3.61. The quantitative estimate of drug-likeness (QED) is 0.542. The van der Waals surface area contributed by atoms with E-state index in [9.17, 15) is 21.6 Å². The number of aryl methyl sites for hydroxylation is 1. The van der Waals surface area contributed by atoms with E-state index in [0.717, 1.165) is 9.87 Å². The van der Waals surface area contributed by atoms with E-state index in [1.807, 2.05) is 6.92 Å². The van der Waals surface area contributed by atoms with Crippen molar-refractivity contribution in [2.45, 2.75) is 36.1 Å². The van der Waals surface area contributed by atoms with Crippen LogP contribution in [0.1, 0.15) is 28.4 Å². The minimum atomic E-state index is -3.74. The van der Waals surface area contributed by atoms with E-state index in [-0.39, 0.29) is 15.8 Å². The van der Waals surface area contributed by atoms with Gasteiger partial charge in [-0.3, -0.25) is 9.10 Å². The summed E-state index contributed by atoms with van der Waals surface area (Å²) in [6.07, 6.45) is 0.470. The van der Waals surface area contributed by atoms with Crippen molar-refractivity contribution in [3.8, 4) is 0 Å². The number of carbonyl (C=O) groups excluding carboxylic acids is 1. The van der Waals surface area contributed by atoms with Crippen LogP contribution in [0.15, 0.2) is 76.5 Å². The Morgan fingerprint density at radius 1 is 0.943 bits per heavy atom. The number of hydrogen-bond donors (Lipinski definition) is 1. The molecule has 0 unspecified atom stereocenters. The molecule has 0 saturated heterocycles. The predicted octanol–water partition coefficient (Wildman–Crippen LogP) is 3.64. The van der Waals surface area contributed by atoms with Gasteiger partial charge in [0.1, 0.15) is 0 Å². The van der Waals surface area contributed by atoms with Gasteiger partial charge in [-0.15, -0.1) is 0 Å². The van der Waals surface area contributed by atoms with Gasteiger partial charge >= 0.3 is 0 Å². The number of rotatable bonds is 6. The average Bonchev–Trinajstić information content (AvgIpc) is 3.16. The molecule has 1 amide bonds. The molecule has 184 valence electrons. The van der Waals surface area contributed by atoms with Crippen LogP contribution in [0.2, 0.25) is 0 Å². The van der Waals surface area contributed by atoms with Crippen molar-refractivity contribution in [1.29, 1.82) is 0 Å². The van der Waals surface area contributed by atoms with E-state index in [1.165, 1.54) is 30.5 Å². The molecule has 4 rings (SSSR count). The van der Waals surface area contributed by atoms with Crippen LogP contribution in [0.3, 0.4) is 0 Å². The first-order valence-electron chi connectivity index (χ1n) is 11.0. The molecular formula is C25H27N3O5S2. The van der Waals surface area contributed by atoms with Gasteiger partial charge in [-0.25, -0.2) is 21.1 Å². The predicted molar refractivity (Wildman–Crippen MR) is 136 cm³/mol. The van der Waals surface area contributed by atoms with E-state index in [2.05, 4.69) is 5.32 Å². The van der Waals surface area contributed by atoms with Crippen molar-refractivity contribution in [1.82, 2.24) is 4.31 Å². The summed E-state index contributed by atoms with van der Waals surface area (Å²) in [7, 11) is -4.51. The fraction of sp³-hybridized carbons (Fsp3) is 0.240. The van der Waals surface area contributed by atoms with Crippen LogP contribution in [0.25, 0.3) is 0 Å². The highest BCUT2D eigenvalue weighted by Crippen LogP contribution is 2.37. The molecule has 1 aliphatic rings. The molecule has 0 aliphatic carbocycles. The maximum absolute atomic E-state index is 13.3. The molecule has 35 heavy (non-hydrogen) atoms. The average molecular weight is 514 g/mol. The Bertz CT molecular complexity index is 1500. The highest BCUT2D eigenvalue weighted by molar-refractivity contribution is 7.93. The van der Waals surface area contributed by atoms with Gasteiger partial charge in [-0.1, -0.05) is 24.3 Å². The monoisotopic (exact) mass is 513 g/mol. The van der Waals surface area contributed by atoms with Crippen molar-refractivity contribution >= 4 is 37.3 Å². The molecule has 0 fully saturated rings. The highest BCUT2D eigenvalue weighted by atomic mass is 32.2. The first kappa shape index (κ1) is 24.9. The number of nitrogens with one attached hydrogen (secondary N) is 1. The number of nitrogens with zero attached hydrogens (tertiary/aromatic N) is 2. The molecule has 1 aliphatic heterocycles. The Hall–Kier alpha value is -3.21. The number of hydrogen-bond acceptors (Lipinski definition) is 5. The van der Waals surface area contributed by atoms with Crippen LogP contribution >= 0.6 is 0 Å². The summed E-state index contributed by atoms with van der Waals surface area (Å²) < 4.78 is 54.0. The molecule has 1 atom stereocenters. The molecule has 3 aromatic rings. The van der Waals surface area contributed by atoms with Gasteiger partial charge in [-0.2, -0.15) is 0 Å². The van der Waals surface area contributed by atoms with Crippen molar-refractivity contribution in [2.75, 3.05) is 23.7 Å². The van der Waals surface area contributed by atoms with Crippen LogP contribution in [0, 0.1) is 6.92 Å². The molecule has 8 nitrogen and oxygen atoms in total. The maximum atomic E-state index is 13.3. The van der Waals surface area contributed by atoms with Crippen LogP contribution in [0.4, 0.5) is 11.4 Å². The SMILES string of the molecule is Cc1ccc(S(=O)(=O)N(C)C)cc1NC(=O)c1ccc2c(c1)C[C@@H](C)N2S(=O)(=O)c1ccccc1. The van der Waals surface area contributed by atoms with E-state index in [0.29, 0.717) is 28.9 Å². The third-order valence-electron chi connectivity index (χ3n) is 6.03. The van der Waals surface area contributed by atoms with E-state index in [4.69, 9.17) is 0 Å². The van der Waals surface area contributed by atoms with E-state index < -0.39 is 26.0 Å². The summed E-state index contributed by atoms with van der Waals surface area (Å²) in [5.41, 5.74) is 2.76. The largest absolute Gasteiger partial charge is 0.322 e. The van der Waals surface area contributed by atoms with Crippen molar-refractivity contribution in [3.63, 3.8) is 0 Å². The standard InChI is InChI=1S/C25H27N3O5S2/c1-17-10-12-22(34(30,31)27(3)4)16-23(17)26-25(29)19-11-13-24-20(15-19)14-18(2)28(24)35(32,33)21-8-6-5-7-9-21/h5-13,15-16,18H,14H2,1-4H3,(H,26,29)/t18-/m1/s1. The fourth-order valence-corrected chi connectivity index (χ4v) is 6.76. The molecule has 0 bridgehead atoms. The lowest BCUT2D eigenvalue weighted by Crippen LogP contribution is -2.35. The number of benzene rings is 3. The zero-order valence-corrected chi connectivity index (χ0v) is 21.5. The number of carbonyl (C=O) groups is 1. The van der Waals surface area contributed by atoms with Crippen LogP contribution in [-0.4, -0.2) is 47.2 Å². The summed E-state index contributed by atoms with van der Waals surface area (Å²) in [5, 5.41) is 2.79. The van der Waals surface area contributed by atoms with Gasteiger partial charge in [-0.05, 0) is 73.9 Å². The Morgan fingerprint density at radius 2 is 1.63 bits per heavy atom. The summed E-state index contributed by atoms with van der Waals surface area (Å²) in [5.74, 6) is -0.410. The summed E-state index contributed by atoms with van der Waals surface area (Å²) >= 11 is 0. The molecule has 0 spiro atoms. The highest BCUT2D eigenvalue weighted by Gasteiger charge is 2.36. The number of sulfonamides is 2. The van der Waals surface area contributed by atoms with E-state index >= 15 is 0 Å². The molecule has 1 heterocycles. The number of anilines is 2. The van der Waals surface area contributed by atoms with Gasteiger partial charge in [0, 0.05) is 31.4 Å². The Balaban J connectivity index is 1.63. The molecule has 3 aromatic carbocycles. The lowest BCUT2D eigenvalue weighted by atomic mass is 10.1. The second kappa shape index (κ2) is 9.10. The van der Waals surface area contributed by atoms with Gasteiger partial charge in [0.25, 0.3) is 15.9 Å². The van der Waals surface area contributed by atoms with Gasteiger partial charge in [0.05, 0.1) is 15.5 Å². The molecule has 0 radical (unpaired) electrons. The van der Waals surface area contributed by atoms with E-state index in [1.54, 1.807) is 61.5 Å². The molecule has 10 heteroatoms. The lowest BCUT2D eigenvalue weighted by Gasteiger charge is -2.24. The molecular weight excluding hydrogens is 486 g/mol. The molecule has 0 aromatic heterocycles.